The Labute approximate surface area is 56.9 Å². The van der Waals surface area contributed by atoms with Gasteiger partial charge in [-0.15, -0.1) is 0 Å². The standard InChI is InChI=1S/C6H6N2O2/c9-4-8-6-3-5(10)1-2-7-6/h1-4H,(H2,7,8,9,10). The van der Waals surface area contributed by atoms with Gasteiger partial charge in [0.1, 0.15) is 5.82 Å². The van der Waals surface area contributed by atoms with E-state index < -0.39 is 0 Å². The molecule has 0 aliphatic rings. The lowest BCUT2D eigenvalue weighted by molar-refractivity contribution is -0.105. The molecule has 0 aliphatic heterocycles. The molecule has 52 valence electrons. The maximum Gasteiger partial charge on any atom is 0.212 e. The van der Waals surface area contributed by atoms with E-state index in [2.05, 4.69) is 10.3 Å². The summed E-state index contributed by atoms with van der Waals surface area (Å²) in [5, 5.41) is 2.31. The highest BCUT2D eigenvalue weighted by Gasteiger charge is 1.87. The second-order valence-corrected chi connectivity index (χ2v) is 1.70. The fourth-order valence-electron chi connectivity index (χ4n) is 0.592. The van der Waals surface area contributed by atoms with Gasteiger partial charge < -0.3 is 10.3 Å². The molecule has 1 aromatic rings. The molecule has 0 fully saturated rings. The number of anilines is 1. The molecule has 10 heavy (non-hydrogen) atoms. The van der Waals surface area contributed by atoms with Crippen LogP contribution in [0.1, 0.15) is 0 Å². The van der Waals surface area contributed by atoms with Crippen molar-refractivity contribution < 1.29 is 4.79 Å². The summed E-state index contributed by atoms with van der Waals surface area (Å²) in [6.45, 7) is 0. The quantitative estimate of drug-likeness (QED) is 0.562. The van der Waals surface area contributed by atoms with Crippen LogP contribution in [-0.4, -0.2) is 11.4 Å². The average Bonchev–Trinajstić information content (AvgIpc) is 1.88. The van der Waals surface area contributed by atoms with Crippen LogP contribution in [0.2, 0.25) is 0 Å². The lowest BCUT2D eigenvalue weighted by Gasteiger charge is -1.93. The van der Waals surface area contributed by atoms with Crippen molar-refractivity contribution in [2.24, 2.45) is 0 Å². The van der Waals surface area contributed by atoms with E-state index in [1.165, 1.54) is 18.3 Å². The van der Waals surface area contributed by atoms with Crippen LogP contribution in [0.3, 0.4) is 0 Å². The number of carbonyl (C=O) groups excluding carboxylic acids is 1. The van der Waals surface area contributed by atoms with Gasteiger partial charge in [0.15, 0.2) is 5.43 Å². The van der Waals surface area contributed by atoms with Crippen molar-refractivity contribution in [3.8, 4) is 0 Å². The highest BCUT2D eigenvalue weighted by atomic mass is 16.1. The highest BCUT2D eigenvalue weighted by Crippen LogP contribution is 1.91. The summed E-state index contributed by atoms with van der Waals surface area (Å²) in [6, 6.07) is 2.67. The summed E-state index contributed by atoms with van der Waals surface area (Å²) in [7, 11) is 0. The van der Waals surface area contributed by atoms with Crippen molar-refractivity contribution in [3.63, 3.8) is 0 Å². The molecule has 0 bridgehead atoms. The molecule has 0 aliphatic carbocycles. The van der Waals surface area contributed by atoms with Crippen LogP contribution in [0.5, 0.6) is 0 Å². The van der Waals surface area contributed by atoms with E-state index in [0.717, 1.165) is 0 Å². The van der Waals surface area contributed by atoms with Crippen molar-refractivity contribution in [1.82, 2.24) is 4.98 Å². The normalized spacial score (nSPS) is 8.80. The Balaban J connectivity index is 2.95. The van der Waals surface area contributed by atoms with Gasteiger partial charge in [-0.1, -0.05) is 0 Å². The first-order chi connectivity index (χ1) is 4.83. The van der Waals surface area contributed by atoms with E-state index in [-0.39, 0.29) is 5.43 Å². The smallest absolute Gasteiger partial charge is 0.212 e. The molecule has 1 amide bonds. The number of hydrogen-bond acceptors (Lipinski definition) is 2. The number of pyridine rings is 1. The number of carbonyl (C=O) groups is 1. The number of hydrogen-bond donors (Lipinski definition) is 2. The van der Waals surface area contributed by atoms with E-state index in [1.54, 1.807) is 0 Å². The largest absolute Gasteiger partial charge is 0.348 e. The second kappa shape index (κ2) is 2.82. The third-order valence-corrected chi connectivity index (χ3v) is 0.987. The molecule has 0 atom stereocenters. The minimum Gasteiger partial charge on any atom is -0.348 e. The summed E-state index contributed by atoms with van der Waals surface area (Å²) in [5.41, 5.74) is -0.136. The zero-order valence-corrected chi connectivity index (χ0v) is 5.13. The molecular weight excluding hydrogens is 132 g/mol. The highest BCUT2D eigenvalue weighted by molar-refractivity contribution is 5.68. The molecule has 0 radical (unpaired) electrons. The van der Waals surface area contributed by atoms with E-state index in [1.807, 2.05) is 0 Å². The lowest BCUT2D eigenvalue weighted by Crippen LogP contribution is -2.02. The monoisotopic (exact) mass is 138 g/mol. The van der Waals surface area contributed by atoms with Crippen LogP contribution in [0.4, 0.5) is 5.82 Å². The average molecular weight is 138 g/mol. The number of aromatic nitrogens is 1. The molecule has 1 aromatic heterocycles. The molecule has 0 saturated heterocycles. The summed E-state index contributed by atoms with van der Waals surface area (Å²) >= 11 is 0. The summed E-state index contributed by atoms with van der Waals surface area (Å²) in [4.78, 5) is 23.1. The van der Waals surface area contributed by atoms with Gasteiger partial charge in [0.05, 0.1) is 0 Å². The molecule has 2 N–H and O–H groups in total. The molecule has 0 aromatic carbocycles. The van der Waals surface area contributed by atoms with Crippen LogP contribution >= 0.6 is 0 Å². The maximum absolute atomic E-state index is 10.6. The fourth-order valence-corrected chi connectivity index (χ4v) is 0.592. The summed E-state index contributed by atoms with van der Waals surface area (Å²) in [6.07, 6.45) is 1.97. The van der Waals surface area contributed by atoms with Gasteiger partial charge in [-0.25, -0.2) is 0 Å². The predicted molar refractivity (Wildman–Crippen MR) is 36.7 cm³/mol. The van der Waals surface area contributed by atoms with Gasteiger partial charge in [-0.05, 0) is 0 Å². The third-order valence-electron chi connectivity index (χ3n) is 0.987. The topological polar surface area (TPSA) is 62.0 Å². The lowest BCUT2D eigenvalue weighted by atomic mass is 10.4. The summed E-state index contributed by atoms with van der Waals surface area (Å²) < 4.78 is 0. The molecule has 1 heterocycles. The van der Waals surface area contributed by atoms with E-state index in [0.29, 0.717) is 12.2 Å². The van der Waals surface area contributed by atoms with Gasteiger partial charge >= 0.3 is 0 Å². The van der Waals surface area contributed by atoms with Crippen molar-refractivity contribution in [2.45, 2.75) is 0 Å². The van der Waals surface area contributed by atoms with Crippen molar-refractivity contribution in [3.05, 3.63) is 28.6 Å². The first-order valence-corrected chi connectivity index (χ1v) is 2.72. The Morgan fingerprint density at radius 3 is 3.00 bits per heavy atom. The van der Waals surface area contributed by atoms with Crippen LogP contribution in [0.15, 0.2) is 23.1 Å². The molecule has 4 nitrogen and oxygen atoms in total. The number of aromatic amines is 1. The van der Waals surface area contributed by atoms with E-state index >= 15 is 0 Å². The number of nitrogens with one attached hydrogen (secondary N) is 2. The van der Waals surface area contributed by atoms with Crippen LogP contribution in [0.25, 0.3) is 0 Å². The third kappa shape index (κ3) is 1.45. The molecule has 0 saturated carbocycles. The SMILES string of the molecule is O=CNc1cc(=O)cc[nH]1. The zero-order chi connectivity index (χ0) is 7.40. The molecule has 4 heteroatoms. The first kappa shape index (κ1) is 6.54. The zero-order valence-electron chi connectivity index (χ0n) is 5.13. The fraction of sp³-hybridized carbons (Fsp3) is 0. The maximum atomic E-state index is 10.6. The first-order valence-electron chi connectivity index (χ1n) is 2.72. The summed E-state index contributed by atoms with van der Waals surface area (Å²) in [5.74, 6) is 0.405. The Kier molecular flexibility index (Phi) is 1.84. The molecule has 0 spiro atoms. The van der Waals surface area contributed by atoms with Gasteiger partial charge in [0.2, 0.25) is 6.41 Å². The van der Waals surface area contributed by atoms with Crippen molar-refractivity contribution in [1.29, 1.82) is 0 Å². The van der Waals surface area contributed by atoms with Gasteiger partial charge in [-0.2, -0.15) is 0 Å². The van der Waals surface area contributed by atoms with E-state index in [4.69, 9.17) is 0 Å². The van der Waals surface area contributed by atoms with E-state index in [9.17, 15) is 9.59 Å². The molecule has 0 unspecified atom stereocenters. The van der Waals surface area contributed by atoms with Crippen LogP contribution in [0, 0.1) is 0 Å². The Bertz CT molecular complexity index is 279. The van der Waals surface area contributed by atoms with Crippen molar-refractivity contribution in [2.75, 3.05) is 5.32 Å². The number of rotatable bonds is 2. The van der Waals surface area contributed by atoms with Crippen LogP contribution in [-0.2, 0) is 4.79 Å². The van der Waals surface area contributed by atoms with Crippen LogP contribution < -0.4 is 10.7 Å². The Morgan fingerprint density at radius 2 is 2.40 bits per heavy atom. The van der Waals surface area contributed by atoms with Gasteiger partial charge in [-0.3, -0.25) is 9.59 Å². The molecular formula is C6H6N2O2. The minimum absolute atomic E-state index is 0.136. The molecule has 1 rings (SSSR count). The Morgan fingerprint density at radius 1 is 1.60 bits per heavy atom. The number of H-pyrrole nitrogens is 1. The number of amides is 1. The second-order valence-electron chi connectivity index (χ2n) is 1.70. The minimum atomic E-state index is -0.136. The Hall–Kier alpha value is -1.58. The van der Waals surface area contributed by atoms with Crippen molar-refractivity contribution >= 4 is 12.2 Å². The predicted octanol–water partition coefficient (Wildman–Crippen LogP) is -0.0568. The van der Waals surface area contributed by atoms with Gasteiger partial charge in [0.25, 0.3) is 0 Å². The van der Waals surface area contributed by atoms with Gasteiger partial charge in [0, 0.05) is 18.3 Å².